The third-order valence-electron chi connectivity index (χ3n) is 11.5. The summed E-state index contributed by atoms with van der Waals surface area (Å²) in [6, 6.07) is 15.7. The topological polar surface area (TPSA) is 119 Å². The molecule has 7 nitrogen and oxygen atoms in total. The van der Waals surface area contributed by atoms with E-state index in [1.807, 2.05) is 68.5 Å². The molecule has 8 heteroatoms. The Hall–Kier alpha value is -2.81. The zero-order chi connectivity index (χ0) is 30.4. The van der Waals surface area contributed by atoms with Crippen LogP contribution in [0.1, 0.15) is 62.5 Å². The molecule has 0 aromatic heterocycles. The van der Waals surface area contributed by atoms with Gasteiger partial charge in [0.15, 0.2) is 23.5 Å². The van der Waals surface area contributed by atoms with Crippen LogP contribution in [-0.4, -0.2) is 51.1 Å². The molecule has 5 aliphatic rings. The Morgan fingerprint density at radius 1 is 1.12 bits per heavy atom. The molecule has 226 valence electrons. The number of rotatable bonds is 5. The number of alkyl halides is 1. The fourth-order valence-electron chi connectivity index (χ4n) is 9.51. The fourth-order valence-corrected chi connectivity index (χ4v) is 10.0. The van der Waals surface area contributed by atoms with Crippen molar-refractivity contribution in [1.29, 1.82) is 0 Å². The molecule has 1 saturated heterocycles. The molecule has 0 bridgehead atoms. The maximum Gasteiger partial charge on any atom is 0.193 e. The number of carbonyl (C=O) groups excluding carboxylic acids is 2. The maximum atomic E-state index is 13.8. The molecule has 4 fully saturated rings. The molecule has 43 heavy (non-hydrogen) atoms. The van der Waals surface area contributed by atoms with Gasteiger partial charge in [-0.3, -0.25) is 9.59 Å². The normalized spacial score (nSPS) is 41.2. The van der Waals surface area contributed by atoms with Crippen LogP contribution in [0.2, 0.25) is 0 Å². The number of aliphatic hydroxyl groups excluding tert-OH is 2. The number of nitrogen functional groups attached to an aromatic ring is 1. The molecule has 0 spiro atoms. The molecule has 7 rings (SSSR count). The molecule has 3 saturated carbocycles. The summed E-state index contributed by atoms with van der Waals surface area (Å²) in [6.45, 7) is 3.32. The summed E-state index contributed by atoms with van der Waals surface area (Å²) in [6.07, 6.45) is 5.44. The highest BCUT2D eigenvalue weighted by molar-refractivity contribution is 6.26. The summed E-state index contributed by atoms with van der Waals surface area (Å²) < 4.78 is 13.3. The van der Waals surface area contributed by atoms with Gasteiger partial charge in [-0.2, -0.15) is 0 Å². The van der Waals surface area contributed by atoms with Gasteiger partial charge in [0.1, 0.15) is 6.61 Å². The molecule has 0 unspecified atom stereocenters. The number of benzene rings is 2. The van der Waals surface area contributed by atoms with Crippen molar-refractivity contribution in [3.63, 3.8) is 0 Å². The first-order chi connectivity index (χ1) is 20.5. The van der Waals surface area contributed by atoms with Crippen molar-refractivity contribution in [2.24, 2.45) is 22.7 Å². The van der Waals surface area contributed by atoms with Crippen LogP contribution in [0, 0.1) is 22.7 Å². The lowest BCUT2D eigenvalue weighted by molar-refractivity contribution is -0.197. The lowest BCUT2D eigenvalue weighted by Crippen LogP contribution is -2.69. The van der Waals surface area contributed by atoms with E-state index in [1.54, 1.807) is 12.2 Å². The molecule has 1 heterocycles. The zero-order valence-corrected chi connectivity index (χ0v) is 25.2. The number of carbonyl (C=O) groups is 2. The molecule has 4 aliphatic carbocycles. The predicted molar refractivity (Wildman–Crippen MR) is 162 cm³/mol. The SMILES string of the molecule is C[C@]12C=CC(=O)C=C1CC[C@H]1[C@@H]3C[C@H]4O[C@@H](c5cccc(Cc6cccc(N)c6)c5)O[C@@]4(C(=O)CO)[C@@]3(C)C[C@H](O)[C@@]12Cl. The van der Waals surface area contributed by atoms with Gasteiger partial charge in [0.05, 0.1) is 17.1 Å². The highest BCUT2D eigenvalue weighted by Gasteiger charge is 2.78. The van der Waals surface area contributed by atoms with Gasteiger partial charge in [-0.1, -0.05) is 61.9 Å². The maximum absolute atomic E-state index is 13.8. The van der Waals surface area contributed by atoms with Gasteiger partial charge in [0.25, 0.3) is 0 Å². The first-order valence-corrected chi connectivity index (χ1v) is 15.6. The number of allylic oxidation sites excluding steroid dienone is 4. The predicted octanol–water partition coefficient (Wildman–Crippen LogP) is 4.82. The van der Waals surface area contributed by atoms with Crippen molar-refractivity contribution in [2.75, 3.05) is 12.3 Å². The molecule has 2 aromatic carbocycles. The van der Waals surface area contributed by atoms with Crippen LogP contribution in [0.4, 0.5) is 5.69 Å². The average molecular weight is 604 g/mol. The third kappa shape index (κ3) is 3.88. The molecule has 0 amide bonds. The number of halogens is 1. The second kappa shape index (κ2) is 9.85. The van der Waals surface area contributed by atoms with Gasteiger partial charge in [0, 0.05) is 22.1 Å². The number of hydrogen-bond acceptors (Lipinski definition) is 7. The van der Waals surface area contributed by atoms with E-state index in [1.165, 1.54) is 0 Å². The van der Waals surface area contributed by atoms with Gasteiger partial charge >= 0.3 is 0 Å². The standard InChI is InChI=1S/C35H38ClNO6/c1-32-12-11-25(39)16-23(32)9-10-26-27-17-30-35(29(41)19-38,33(27,2)18-28(40)34(26,32)36)43-31(42-30)22-7-3-5-20(14-22)13-21-6-4-8-24(37)15-21/h3-8,11-12,14-16,26-28,30-31,38,40H,9-10,13,17-19,37H2,1-2H3/t26-,27-,28-,30+,31+,32-,33-,34-,35+/m0/s1. The Balaban J connectivity index is 1.23. The van der Waals surface area contributed by atoms with Gasteiger partial charge in [-0.05, 0) is 79.4 Å². The third-order valence-corrected chi connectivity index (χ3v) is 12.4. The van der Waals surface area contributed by atoms with Crippen molar-refractivity contribution in [2.45, 2.75) is 74.9 Å². The van der Waals surface area contributed by atoms with Crippen LogP contribution in [0.3, 0.4) is 0 Å². The highest BCUT2D eigenvalue weighted by atomic mass is 35.5. The molecule has 2 aromatic rings. The Kier molecular flexibility index (Phi) is 6.62. The van der Waals surface area contributed by atoms with Gasteiger partial charge in [0.2, 0.25) is 0 Å². The number of anilines is 1. The highest BCUT2D eigenvalue weighted by Crippen LogP contribution is 2.73. The van der Waals surface area contributed by atoms with Crippen LogP contribution in [0.5, 0.6) is 0 Å². The van der Waals surface area contributed by atoms with Crippen molar-refractivity contribution in [1.82, 2.24) is 0 Å². The summed E-state index contributed by atoms with van der Waals surface area (Å²) in [5, 5.41) is 22.2. The summed E-state index contributed by atoms with van der Waals surface area (Å²) >= 11 is 7.57. The first kappa shape index (κ1) is 28.9. The molecule has 9 atom stereocenters. The van der Waals surface area contributed by atoms with Gasteiger partial charge in [-0.15, -0.1) is 11.6 Å². The van der Waals surface area contributed by atoms with E-state index in [9.17, 15) is 19.8 Å². The molecule has 1 aliphatic heterocycles. The first-order valence-electron chi connectivity index (χ1n) is 15.2. The Labute approximate surface area is 256 Å². The number of aliphatic hydroxyl groups is 2. The van der Waals surface area contributed by atoms with E-state index in [0.29, 0.717) is 31.4 Å². The lowest BCUT2D eigenvalue weighted by atomic mass is 9.45. The van der Waals surface area contributed by atoms with E-state index in [-0.39, 0.29) is 24.0 Å². The van der Waals surface area contributed by atoms with E-state index in [2.05, 4.69) is 0 Å². The zero-order valence-electron chi connectivity index (χ0n) is 24.5. The smallest absolute Gasteiger partial charge is 0.193 e. The van der Waals surface area contributed by atoms with Crippen LogP contribution < -0.4 is 5.73 Å². The lowest BCUT2D eigenvalue weighted by Gasteiger charge is -2.64. The van der Waals surface area contributed by atoms with Crippen LogP contribution in [-0.2, 0) is 25.5 Å². The number of fused-ring (bicyclic) bond motifs is 7. The van der Waals surface area contributed by atoms with Gasteiger partial charge < -0.3 is 25.4 Å². The number of ether oxygens (including phenoxy) is 2. The minimum atomic E-state index is -1.43. The van der Waals surface area contributed by atoms with Crippen molar-refractivity contribution < 1.29 is 29.3 Å². The molecule has 4 N–H and O–H groups in total. The summed E-state index contributed by atoms with van der Waals surface area (Å²) in [7, 11) is 0. The Morgan fingerprint density at radius 3 is 2.60 bits per heavy atom. The van der Waals surface area contributed by atoms with Crippen LogP contribution >= 0.6 is 11.6 Å². The Bertz CT molecular complexity index is 1570. The van der Waals surface area contributed by atoms with E-state index in [4.69, 9.17) is 26.8 Å². The largest absolute Gasteiger partial charge is 0.399 e. The number of hydrogen-bond donors (Lipinski definition) is 3. The molecular weight excluding hydrogens is 566 g/mol. The van der Waals surface area contributed by atoms with Gasteiger partial charge in [-0.25, -0.2) is 0 Å². The van der Waals surface area contributed by atoms with Crippen LogP contribution in [0.25, 0.3) is 0 Å². The Morgan fingerprint density at radius 2 is 1.86 bits per heavy atom. The molecular formula is C35H38ClNO6. The minimum Gasteiger partial charge on any atom is -0.399 e. The van der Waals surface area contributed by atoms with Crippen molar-refractivity contribution in [3.05, 3.63) is 89.0 Å². The molecule has 0 radical (unpaired) electrons. The van der Waals surface area contributed by atoms with E-state index < -0.39 is 52.2 Å². The van der Waals surface area contributed by atoms with Crippen LogP contribution in [0.15, 0.2) is 72.3 Å². The average Bonchev–Trinajstić information content (AvgIpc) is 3.47. The number of Topliss-reactive ketones (excluding diaryl/α,β-unsaturated/α-hetero) is 1. The summed E-state index contributed by atoms with van der Waals surface area (Å²) in [5.41, 5.74) is 7.59. The summed E-state index contributed by atoms with van der Waals surface area (Å²) in [4.78, 5) is 25.0. The monoisotopic (exact) mass is 603 g/mol. The number of nitrogens with two attached hydrogens (primary N) is 1. The van der Waals surface area contributed by atoms with E-state index in [0.717, 1.165) is 22.3 Å². The minimum absolute atomic E-state index is 0.0611. The van der Waals surface area contributed by atoms with Crippen molar-refractivity contribution >= 4 is 28.9 Å². The van der Waals surface area contributed by atoms with Crippen molar-refractivity contribution in [3.8, 4) is 0 Å². The second-order valence-corrected chi connectivity index (χ2v) is 14.2. The number of ketones is 2. The van der Waals surface area contributed by atoms with E-state index >= 15 is 0 Å². The quantitative estimate of drug-likeness (QED) is 0.331. The summed E-state index contributed by atoms with van der Waals surface area (Å²) in [5.74, 6) is -0.756. The fraction of sp³-hybridized carbons (Fsp3) is 0.486. The second-order valence-electron chi connectivity index (χ2n) is 13.6.